The van der Waals surface area contributed by atoms with E-state index in [9.17, 15) is 4.79 Å². The highest BCUT2D eigenvalue weighted by Crippen LogP contribution is 2.24. The summed E-state index contributed by atoms with van der Waals surface area (Å²) in [7, 11) is 0. The highest BCUT2D eigenvalue weighted by Gasteiger charge is 2.24. The first-order chi connectivity index (χ1) is 8.18. The van der Waals surface area contributed by atoms with E-state index in [1.807, 2.05) is 40.0 Å². The van der Waals surface area contributed by atoms with Crippen molar-refractivity contribution in [2.75, 3.05) is 5.75 Å². The molecule has 1 aromatic rings. The number of hydrogen-bond donors (Lipinski definition) is 1. The number of alkyl carbamates (subject to hydrolysis) is 1. The van der Waals surface area contributed by atoms with Crippen molar-refractivity contribution in [2.45, 2.75) is 50.1 Å². The fraction of sp³-hybridized carbons (Fsp3) is 0.667. The molecule has 0 bridgehead atoms. The van der Waals surface area contributed by atoms with E-state index in [2.05, 4.69) is 10.3 Å². The molecule has 0 atom stereocenters. The molecule has 0 aliphatic heterocycles. The van der Waals surface area contributed by atoms with Crippen LogP contribution in [0.2, 0.25) is 0 Å². The Balaban J connectivity index is 2.41. The molecule has 0 radical (unpaired) electrons. The van der Waals surface area contributed by atoms with Crippen LogP contribution in [0.5, 0.6) is 0 Å². The number of ether oxygens (including phenoxy) is 1. The topological polar surface area (TPSA) is 51.2 Å². The predicted molar refractivity (Wildman–Crippen MR) is 76.3 cm³/mol. The van der Waals surface area contributed by atoms with Crippen molar-refractivity contribution >= 4 is 29.2 Å². The molecular formula is C12H20N2O2S2. The number of thiazole rings is 1. The molecule has 0 saturated carbocycles. The van der Waals surface area contributed by atoms with E-state index < -0.39 is 5.60 Å². The number of thioether (sulfide) groups is 1. The summed E-state index contributed by atoms with van der Waals surface area (Å²) in [5, 5.41) is 4.81. The summed E-state index contributed by atoms with van der Waals surface area (Å²) in [6, 6.07) is 0. The van der Waals surface area contributed by atoms with Crippen LogP contribution < -0.4 is 5.32 Å². The molecule has 1 N–H and O–H groups in total. The molecule has 1 heterocycles. The van der Waals surface area contributed by atoms with Gasteiger partial charge in [-0.2, -0.15) is 0 Å². The van der Waals surface area contributed by atoms with Crippen molar-refractivity contribution in [3.05, 3.63) is 11.6 Å². The van der Waals surface area contributed by atoms with E-state index in [0.717, 1.165) is 10.1 Å². The summed E-state index contributed by atoms with van der Waals surface area (Å²) in [5.41, 5.74) is -0.804. The van der Waals surface area contributed by atoms with Crippen molar-refractivity contribution in [2.24, 2.45) is 0 Å². The highest BCUT2D eigenvalue weighted by molar-refractivity contribution is 8.01. The maximum Gasteiger partial charge on any atom is 0.408 e. The van der Waals surface area contributed by atoms with Crippen LogP contribution in [-0.4, -0.2) is 28.0 Å². The minimum Gasteiger partial charge on any atom is -0.444 e. The molecule has 0 aromatic carbocycles. The van der Waals surface area contributed by atoms with Gasteiger partial charge in [-0.05, 0) is 34.6 Å². The van der Waals surface area contributed by atoms with Crippen LogP contribution >= 0.6 is 23.1 Å². The van der Waals surface area contributed by atoms with Crippen LogP contribution in [0.15, 0.2) is 15.9 Å². The molecule has 18 heavy (non-hydrogen) atoms. The number of rotatable bonds is 4. The number of carbonyl (C=O) groups is 1. The van der Waals surface area contributed by atoms with Crippen LogP contribution in [0, 0.1) is 0 Å². The zero-order valence-electron chi connectivity index (χ0n) is 11.4. The molecule has 6 heteroatoms. The van der Waals surface area contributed by atoms with Crippen molar-refractivity contribution in [3.8, 4) is 0 Å². The largest absolute Gasteiger partial charge is 0.444 e. The second-order valence-electron chi connectivity index (χ2n) is 5.60. The average molecular weight is 288 g/mol. The zero-order chi connectivity index (χ0) is 13.8. The molecule has 1 aromatic heterocycles. The summed E-state index contributed by atoms with van der Waals surface area (Å²) < 4.78 is 6.25. The van der Waals surface area contributed by atoms with Crippen LogP contribution in [0.1, 0.15) is 34.6 Å². The highest BCUT2D eigenvalue weighted by atomic mass is 32.2. The van der Waals surface area contributed by atoms with Crippen LogP contribution in [0.4, 0.5) is 4.79 Å². The van der Waals surface area contributed by atoms with Gasteiger partial charge in [0.05, 0.1) is 0 Å². The van der Waals surface area contributed by atoms with E-state index in [0.29, 0.717) is 0 Å². The van der Waals surface area contributed by atoms with Gasteiger partial charge in [-0.25, -0.2) is 9.78 Å². The Morgan fingerprint density at radius 1 is 1.44 bits per heavy atom. The number of hydrogen-bond acceptors (Lipinski definition) is 5. The summed E-state index contributed by atoms with van der Waals surface area (Å²) in [6.07, 6.45) is 1.40. The molecule has 1 rings (SSSR count). The molecule has 4 nitrogen and oxygen atoms in total. The molecule has 0 spiro atoms. The third kappa shape index (κ3) is 6.26. The van der Waals surface area contributed by atoms with Gasteiger partial charge in [-0.15, -0.1) is 11.3 Å². The number of nitrogens with one attached hydrogen (secondary N) is 1. The van der Waals surface area contributed by atoms with Crippen molar-refractivity contribution < 1.29 is 9.53 Å². The third-order valence-corrected chi connectivity index (χ3v) is 4.23. The fourth-order valence-corrected chi connectivity index (χ4v) is 2.81. The molecule has 0 fully saturated rings. The lowest BCUT2D eigenvalue weighted by atomic mass is 10.1. The van der Waals surface area contributed by atoms with Crippen LogP contribution in [0.3, 0.4) is 0 Å². The summed E-state index contributed by atoms with van der Waals surface area (Å²) >= 11 is 3.23. The van der Waals surface area contributed by atoms with Crippen molar-refractivity contribution in [1.29, 1.82) is 0 Å². The number of nitrogens with zero attached hydrogens (tertiary/aromatic N) is 1. The van der Waals surface area contributed by atoms with Gasteiger partial charge in [0.25, 0.3) is 0 Å². The molecule has 0 saturated heterocycles. The lowest BCUT2D eigenvalue weighted by molar-refractivity contribution is 0.0482. The Kier molecular flexibility index (Phi) is 5.04. The second kappa shape index (κ2) is 5.93. The molecule has 0 unspecified atom stereocenters. The summed E-state index contributed by atoms with van der Waals surface area (Å²) in [6.45, 7) is 9.49. The maximum absolute atomic E-state index is 11.7. The molecule has 1 amide bonds. The van der Waals surface area contributed by atoms with E-state index in [1.54, 1.807) is 29.3 Å². The monoisotopic (exact) mass is 288 g/mol. The SMILES string of the molecule is CC(C)(CSc1nccs1)NC(=O)OC(C)(C)C. The van der Waals surface area contributed by atoms with Crippen LogP contribution in [-0.2, 0) is 4.74 Å². The van der Waals surface area contributed by atoms with Gasteiger partial charge in [0.2, 0.25) is 0 Å². The second-order valence-corrected chi connectivity index (χ2v) is 7.71. The third-order valence-electron chi connectivity index (χ3n) is 1.81. The van der Waals surface area contributed by atoms with E-state index in [4.69, 9.17) is 4.74 Å². The average Bonchev–Trinajstić information content (AvgIpc) is 2.62. The quantitative estimate of drug-likeness (QED) is 0.861. The van der Waals surface area contributed by atoms with Gasteiger partial charge in [-0.3, -0.25) is 0 Å². The minimum absolute atomic E-state index is 0.335. The van der Waals surface area contributed by atoms with Gasteiger partial charge in [0.1, 0.15) is 9.94 Å². The van der Waals surface area contributed by atoms with Gasteiger partial charge in [0, 0.05) is 22.9 Å². The smallest absolute Gasteiger partial charge is 0.408 e. The Bertz CT molecular complexity index is 383. The first-order valence-electron chi connectivity index (χ1n) is 5.71. The standard InChI is InChI=1S/C12H20N2O2S2/c1-11(2,3)16-9(15)14-12(4,5)8-18-10-13-6-7-17-10/h6-7H,8H2,1-5H3,(H,14,15). The zero-order valence-corrected chi connectivity index (χ0v) is 13.1. The fourth-order valence-electron chi connectivity index (χ4n) is 1.14. The minimum atomic E-state index is -0.470. The molecule has 0 aliphatic carbocycles. The summed E-state index contributed by atoms with van der Waals surface area (Å²) in [4.78, 5) is 15.9. The Hall–Kier alpha value is -0.750. The van der Waals surface area contributed by atoms with E-state index >= 15 is 0 Å². The summed E-state index contributed by atoms with van der Waals surface area (Å²) in [5.74, 6) is 0.750. The normalized spacial score (nSPS) is 12.3. The van der Waals surface area contributed by atoms with Crippen molar-refractivity contribution in [3.63, 3.8) is 0 Å². The van der Waals surface area contributed by atoms with Gasteiger partial charge < -0.3 is 10.1 Å². The number of aromatic nitrogens is 1. The van der Waals surface area contributed by atoms with Crippen molar-refractivity contribution in [1.82, 2.24) is 10.3 Å². The van der Waals surface area contributed by atoms with Gasteiger partial charge in [-0.1, -0.05) is 11.8 Å². The van der Waals surface area contributed by atoms with Gasteiger partial charge in [0.15, 0.2) is 0 Å². The first kappa shape index (κ1) is 15.3. The Morgan fingerprint density at radius 2 is 2.11 bits per heavy atom. The first-order valence-corrected chi connectivity index (χ1v) is 7.58. The molecular weight excluding hydrogens is 268 g/mol. The number of amides is 1. The molecule has 102 valence electrons. The lowest BCUT2D eigenvalue weighted by Gasteiger charge is -2.28. The number of carbonyl (C=O) groups excluding carboxylic acids is 1. The van der Waals surface area contributed by atoms with Crippen LogP contribution in [0.25, 0.3) is 0 Å². The van der Waals surface area contributed by atoms with E-state index in [-0.39, 0.29) is 11.6 Å². The molecule has 0 aliphatic rings. The van der Waals surface area contributed by atoms with E-state index in [1.165, 1.54) is 0 Å². The maximum atomic E-state index is 11.7. The predicted octanol–water partition coefficient (Wildman–Crippen LogP) is 3.54. The lowest BCUT2D eigenvalue weighted by Crippen LogP contribution is -2.47. The van der Waals surface area contributed by atoms with Gasteiger partial charge >= 0.3 is 6.09 Å². The Labute approximate surface area is 117 Å². The Morgan fingerprint density at radius 3 is 2.61 bits per heavy atom.